The first-order valence-electron chi connectivity index (χ1n) is 12.5. The molecule has 0 spiro atoms. The van der Waals surface area contributed by atoms with Crippen molar-refractivity contribution in [3.8, 4) is 0 Å². The highest BCUT2D eigenvalue weighted by molar-refractivity contribution is 7.98. The van der Waals surface area contributed by atoms with Crippen LogP contribution in [0.3, 0.4) is 0 Å². The lowest BCUT2D eigenvalue weighted by molar-refractivity contribution is -0.141. The molecule has 3 aromatic rings. The molecule has 0 aliphatic carbocycles. The van der Waals surface area contributed by atoms with Gasteiger partial charge in [-0.25, -0.2) is 4.39 Å². The molecule has 2 amide bonds. The van der Waals surface area contributed by atoms with Crippen molar-refractivity contribution in [3.63, 3.8) is 0 Å². The molecule has 3 aromatic carbocycles. The van der Waals surface area contributed by atoms with E-state index < -0.39 is 6.04 Å². The van der Waals surface area contributed by atoms with E-state index in [1.807, 2.05) is 62.4 Å². The molecule has 36 heavy (non-hydrogen) atoms. The molecule has 0 saturated carbocycles. The van der Waals surface area contributed by atoms with Crippen molar-refractivity contribution in [1.82, 2.24) is 10.2 Å². The standard InChI is InChI=1S/C30H35FN2O2S/c1-3-23(2)32-30(35)28(20-24-10-6-4-7-11-24)33(21-25-14-16-27(31)17-15-25)29(34)18-19-36-22-26-12-8-5-9-13-26/h4-17,23,28H,3,18-22H2,1-2H3,(H,32,35). The van der Waals surface area contributed by atoms with E-state index in [9.17, 15) is 14.0 Å². The molecule has 0 saturated heterocycles. The smallest absolute Gasteiger partial charge is 0.243 e. The van der Waals surface area contributed by atoms with E-state index in [0.29, 0.717) is 18.6 Å². The van der Waals surface area contributed by atoms with Gasteiger partial charge in [0, 0.05) is 36.9 Å². The molecule has 0 aliphatic heterocycles. The second-order valence-electron chi connectivity index (χ2n) is 8.96. The zero-order valence-corrected chi connectivity index (χ0v) is 21.8. The van der Waals surface area contributed by atoms with Crippen LogP contribution in [0.5, 0.6) is 0 Å². The lowest BCUT2D eigenvalue weighted by Gasteiger charge is -2.32. The summed E-state index contributed by atoms with van der Waals surface area (Å²) < 4.78 is 13.5. The summed E-state index contributed by atoms with van der Waals surface area (Å²) in [7, 11) is 0. The van der Waals surface area contributed by atoms with Crippen molar-refractivity contribution in [3.05, 3.63) is 107 Å². The Labute approximate surface area is 218 Å². The van der Waals surface area contributed by atoms with Crippen molar-refractivity contribution in [2.45, 2.75) is 57.5 Å². The summed E-state index contributed by atoms with van der Waals surface area (Å²) in [4.78, 5) is 28.7. The van der Waals surface area contributed by atoms with Crippen LogP contribution < -0.4 is 5.32 Å². The topological polar surface area (TPSA) is 49.4 Å². The zero-order chi connectivity index (χ0) is 25.8. The number of carbonyl (C=O) groups excluding carboxylic acids is 2. The molecule has 0 fully saturated rings. The lowest BCUT2D eigenvalue weighted by atomic mass is 10.0. The average molecular weight is 507 g/mol. The molecular weight excluding hydrogens is 471 g/mol. The Kier molecular flexibility index (Phi) is 11.0. The van der Waals surface area contributed by atoms with Gasteiger partial charge in [0.1, 0.15) is 11.9 Å². The molecule has 0 heterocycles. The molecule has 2 unspecified atom stereocenters. The minimum atomic E-state index is -0.668. The molecule has 0 aliphatic rings. The van der Waals surface area contributed by atoms with Crippen LogP contribution in [0.15, 0.2) is 84.9 Å². The number of carbonyl (C=O) groups is 2. The Balaban J connectivity index is 1.80. The molecule has 0 radical (unpaired) electrons. The number of amides is 2. The van der Waals surface area contributed by atoms with Crippen molar-refractivity contribution in [2.75, 3.05) is 5.75 Å². The summed E-state index contributed by atoms with van der Waals surface area (Å²) in [5, 5.41) is 3.07. The predicted octanol–water partition coefficient (Wildman–Crippen LogP) is 6.00. The number of thioether (sulfide) groups is 1. The zero-order valence-electron chi connectivity index (χ0n) is 21.0. The van der Waals surface area contributed by atoms with Gasteiger partial charge >= 0.3 is 0 Å². The number of benzene rings is 3. The van der Waals surface area contributed by atoms with E-state index in [0.717, 1.165) is 23.3 Å². The highest BCUT2D eigenvalue weighted by Gasteiger charge is 2.30. The first kappa shape index (κ1) is 27.5. The number of halogens is 1. The van der Waals surface area contributed by atoms with Crippen LogP contribution in [-0.2, 0) is 28.3 Å². The van der Waals surface area contributed by atoms with E-state index in [1.165, 1.54) is 17.7 Å². The van der Waals surface area contributed by atoms with Gasteiger partial charge in [-0.15, -0.1) is 0 Å². The first-order valence-corrected chi connectivity index (χ1v) is 13.6. The van der Waals surface area contributed by atoms with E-state index in [-0.39, 0.29) is 30.2 Å². The quantitative estimate of drug-likeness (QED) is 0.289. The molecule has 2 atom stereocenters. The third kappa shape index (κ3) is 8.83. The molecule has 4 nitrogen and oxygen atoms in total. The van der Waals surface area contributed by atoms with Crippen LogP contribution in [-0.4, -0.2) is 34.6 Å². The Morgan fingerprint density at radius 2 is 1.50 bits per heavy atom. The van der Waals surface area contributed by atoms with Crippen LogP contribution in [0.1, 0.15) is 43.4 Å². The van der Waals surface area contributed by atoms with Crippen molar-refractivity contribution in [1.29, 1.82) is 0 Å². The Bertz CT molecular complexity index is 1080. The van der Waals surface area contributed by atoms with Gasteiger partial charge in [0.05, 0.1) is 0 Å². The average Bonchev–Trinajstić information content (AvgIpc) is 2.90. The predicted molar refractivity (Wildman–Crippen MR) is 146 cm³/mol. The van der Waals surface area contributed by atoms with Crippen LogP contribution >= 0.6 is 11.8 Å². The molecule has 190 valence electrons. The number of hydrogen-bond acceptors (Lipinski definition) is 3. The summed E-state index contributed by atoms with van der Waals surface area (Å²) in [6, 6.07) is 25.4. The summed E-state index contributed by atoms with van der Waals surface area (Å²) >= 11 is 1.70. The number of nitrogens with zero attached hydrogens (tertiary/aromatic N) is 1. The maximum absolute atomic E-state index is 13.6. The van der Waals surface area contributed by atoms with Gasteiger partial charge in [-0.3, -0.25) is 9.59 Å². The van der Waals surface area contributed by atoms with E-state index in [2.05, 4.69) is 17.4 Å². The van der Waals surface area contributed by atoms with E-state index in [4.69, 9.17) is 0 Å². The lowest BCUT2D eigenvalue weighted by Crippen LogP contribution is -2.52. The van der Waals surface area contributed by atoms with Gasteiger partial charge in [-0.1, -0.05) is 79.7 Å². The molecule has 3 rings (SSSR count). The van der Waals surface area contributed by atoms with Crippen molar-refractivity contribution in [2.24, 2.45) is 0 Å². The van der Waals surface area contributed by atoms with Crippen LogP contribution in [0, 0.1) is 5.82 Å². The molecule has 6 heteroatoms. The number of hydrogen-bond donors (Lipinski definition) is 1. The summed E-state index contributed by atoms with van der Waals surface area (Å²) in [5.41, 5.74) is 2.99. The summed E-state index contributed by atoms with van der Waals surface area (Å²) in [6.07, 6.45) is 1.53. The molecule has 0 aromatic heterocycles. The SMILES string of the molecule is CCC(C)NC(=O)C(Cc1ccccc1)N(Cc1ccc(F)cc1)C(=O)CCSCc1ccccc1. The third-order valence-corrected chi connectivity index (χ3v) is 7.14. The van der Waals surface area contributed by atoms with Crippen LogP contribution in [0.2, 0.25) is 0 Å². The van der Waals surface area contributed by atoms with Gasteiger partial charge < -0.3 is 10.2 Å². The molecule has 1 N–H and O–H groups in total. The first-order chi connectivity index (χ1) is 17.5. The highest BCUT2D eigenvalue weighted by atomic mass is 32.2. The van der Waals surface area contributed by atoms with E-state index in [1.54, 1.807) is 28.8 Å². The Hall–Kier alpha value is -3.12. The minimum Gasteiger partial charge on any atom is -0.352 e. The second kappa shape index (κ2) is 14.4. The van der Waals surface area contributed by atoms with Gasteiger partial charge in [-0.05, 0) is 42.2 Å². The molecule has 0 bridgehead atoms. The minimum absolute atomic E-state index is 0.0000236. The monoisotopic (exact) mass is 506 g/mol. The number of nitrogens with one attached hydrogen (secondary N) is 1. The Morgan fingerprint density at radius 1 is 0.889 bits per heavy atom. The second-order valence-corrected chi connectivity index (χ2v) is 10.1. The van der Waals surface area contributed by atoms with Gasteiger partial charge in [0.25, 0.3) is 0 Å². The van der Waals surface area contributed by atoms with Gasteiger partial charge in [0.15, 0.2) is 0 Å². The summed E-state index contributed by atoms with van der Waals surface area (Å²) in [5.74, 6) is 0.900. The summed E-state index contributed by atoms with van der Waals surface area (Å²) in [6.45, 7) is 4.22. The Morgan fingerprint density at radius 3 is 2.11 bits per heavy atom. The normalized spacial score (nSPS) is 12.5. The highest BCUT2D eigenvalue weighted by Crippen LogP contribution is 2.19. The fourth-order valence-corrected chi connectivity index (χ4v) is 4.74. The van der Waals surface area contributed by atoms with Crippen LogP contribution in [0.4, 0.5) is 4.39 Å². The van der Waals surface area contributed by atoms with Gasteiger partial charge in [-0.2, -0.15) is 11.8 Å². The van der Waals surface area contributed by atoms with E-state index >= 15 is 0 Å². The van der Waals surface area contributed by atoms with Crippen molar-refractivity contribution >= 4 is 23.6 Å². The molecular formula is C30H35FN2O2S. The largest absolute Gasteiger partial charge is 0.352 e. The maximum atomic E-state index is 13.6. The maximum Gasteiger partial charge on any atom is 0.243 e. The fourth-order valence-electron chi connectivity index (χ4n) is 3.85. The van der Waals surface area contributed by atoms with Crippen molar-refractivity contribution < 1.29 is 14.0 Å². The van der Waals surface area contributed by atoms with Crippen LogP contribution in [0.25, 0.3) is 0 Å². The van der Waals surface area contributed by atoms with Gasteiger partial charge in [0.2, 0.25) is 11.8 Å². The number of rotatable bonds is 13. The fraction of sp³-hybridized carbons (Fsp3) is 0.333. The third-order valence-electron chi connectivity index (χ3n) is 6.11.